The van der Waals surface area contributed by atoms with Gasteiger partial charge in [-0.25, -0.2) is 4.79 Å². The number of allylic oxidation sites excluding steroid dienone is 1. The lowest BCUT2D eigenvalue weighted by Crippen LogP contribution is -2.47. The molecule has 1 aliphatic heterocycles. The second kappa shape index (κ2) is 14.8. The van der Waals surface area contributed by atoms with Gasteiger partial charge in [0, 0.05) is 66.6 Å². The van der Waals surface area contributed by atoms with Gasteiger partial charge >= 0.3 is 5.97 Å². The number of fused-ring (bicyclic) bond motifs is 1. The first-order valence-corrected chi connectivity index (χ1v) is 17.6. The first-order valence-electron chi connectivity index (χ1n) is 17.2. The zero-order valence-corrected chi connectivity index (χ0v) is 29.8. The van der Waals surface area contributed by atoms with Crippen LogP contribution in [-0.4, -0.2) is 81.2 Å². The van der Waals surface area contributed by atoms with Gasteiger partial charge in [0.25, 0.3) is 0 Å². The molecule has 0 spiro atoms. The fourth-order valence-corrected chi connectivity index (χ4v) is 7.30. The quantitative estimate of drug-likeness (QED) is 0.161. The number of anilines is 1. The number of nitrogens with one attached hydrogen (secondary N) is 1. The number of H-pyrrole nitrogens is 1. The van der Waals surface area contributed by atoms with Crippen molar-refractivity contribution in [3.05, 3.63) is 94.1 Å². The van der Waals surface area contributed by atoms with E-state index in [4.69, 9.17) is 21.1 Å². The number of halogens is 1. The van der Waals surface area contributed by atoms with Gasteiger partial charge in [-0.1, -0.05) is 49.2 Å². The maximum Gasteiger partial charge on any atom is 0.341 e. The number of benzene rings is 3. The van der Waals surface area contributed by atoms with Crippen LogP contribution in [0.2, 0.25) is 5.02 Å². The Morgan fingerprint density at radius 2 is 1.77 bits per heavy atom. The molecule has 8 heteroatoms. The standard InChI is InChI=1S/C40H49ClN4O3/c1-40(2)18-17-30(34(25-40)28-11-13-31(41)14-12-28)27-44-20-22-45(23-21-44)32-15-16-33(39(46)47-5)37(24-32)48-36-10-6-9-35-38(36)29(26-42-35)8-7-19-43(3)4/h6,9-16,24,26,42H,7-8,17-23,25,27H2,1-5H3. The molecule has 0 unspecified atom stereocenters. The summed E-state index contributed by atoms with van der Waals surface area (Å²) in [6, 6.07) is 20.3. The van der Waals surface area contributed by atoms with Crippen LogP contribution in [0.5, 0.6) is 11.5 Å². The molecule has 1 N–H and O–H groups in total. The fourth-order valence-electron chi connectivity index (χ4n) is 7.17. The Bertz CT molecular complexity index is 1770. The molecular weight excluding hydrogens is 620 g/mol. The van der Waals surface area contributed by atoms with Crippen molar-refractivity contribution in [1.82, 2.24) is 14.8 Å². The SMILES string of the molecule is COC(=O)c1ccc(N2CCN(CC3=C(c4ccc(Cl)cc4)CC(C)(C)CC3)CC2)cc1Oc1cccc2[nH]cc(CCCN(C)C)c12. The van der Waals surface area contributed by atoms with Gasteiger partial charge in [0.05, 0.1) is 7.11 Å². The number of carbonyl (C=O) groups excluding carboxylic acids is 1. The molecule has 0 bridgehead atoms. The van der Waals surface area contributed by atoms with Crippen molar-refractivity contribution in [2.24, 2.45) is 5.41 Å². The smallest absolute Gasteiger partial charge is 0.341 e. The molecule has 1 aliphatic carbocycles. The number of rotatable bonds is 11. The number of hydrogen-bond acceptors (Lipinski definition) is 6. The number of aromatic amines is 1. The summed E-state index contributed by atoms with van der Waals surface area (Å²) in [7, 11) is 5.60. The van der Waals surface area contributed by atoms with Crippen LogP contribution in [0.4, 0.5) is 5.69 Å². The summed E-state index contributed by atoms with van der Waals surface area (Å²) in [5, 5.41) is 1.84. The number of carbonyl (C=O) groups is 1. The molecule has 1 aromatic heterocycles. The third-order valence-electron chi connectivity index (χ3n) is 9.92. The number of methoxy groups -OCH3 is 1. The average molecular weight is 669 g/mol. The largest absolute Gasteiger partial charge is 0.465 e. The maximum absolute atomic E-state index is 12.9. The third kappa shape index (κ3) is 7.91. The molecule has 254 valence electrons. The summed E-state index contributed by atoms with van der Waals surface area (Å²) in [6.45, 7) is 10.5. The van der Waals surface area contributed by atoms with Crippen LogP contribution in [0, 0.1) is 5.41 Å². The molecule has 0 amide bonds. The van der Waals surface area contributed by atoms with Crippen LogP contribution in [0.15, 0.2) is 72.4 Å². The zero-order chi connectivity index (χ0) is 33.8. The zero-order valence-electron chi connectivity index (χ0n) is 29.1. The van der Waals surface area contributed by atoms with Gasteiger partial charge in [-0.05, 0) is 111 Å². The lowest BCUT2D eigenvalue weighted by Gasteiger charge is -2.39. The van der Waals surface area contributed by atoms with E-state index in [0.717, 1.165) is 92.3 Å². The van der Waals surface area contributed by atoms with E-state index in [1.807, 2.05) is 42.5 Å². The maximum atomic E-state index is 12.9. The second-order valence-electron chi connectivity index (χ2n) is 14.4. The molecule has 0 radical (unpaired) electrons. The van der Waals surface area contributed by atoms with Gasteiger partial charge in [0.1, 0.15) is 17.1 Å². The highest BCUT2D eigenvalue weighted by Crippen LogP contribution is 2.43. The summed E-state index contributed by atoms with van der Waals surface area (Å²) in [5.41, 5.74) is 8.35. The molecule has 2 heterocycles. The van der Waals surface area contributed by atoms with Gasteiger partial charge in [0.15, 0.2) is 0 Å². The fraction of sp³-hybridized carbons (Fsp3) is 0.425. The van der Waals surface area contributed by atoms with Crippen molar-refractivity contribution < 1.29 is 14.3 Å². The van der Waals surface area contributed by atoms with Crippen LogP contribution in [-0.2, 0) is 11.2 Å². The number of nitrogens with zero attached hydrogens (tertiary/aromatic N) is 3. The number of esters is 1. The van der Waals surface area contributed by atoms with Gasteiger partial charge in [-0.15, -0.1) is 0 Å². The van der Waals surface area contributed by atoms with Crippen LogP contribution in [0.1, 0.15) is 61.0 Å². The summed E-state index contributed by atoms with van der Waals surface area (Å²) < 4.78 is 11.8. The summed E-state index contributed by atoms with van der Waals surface area (Å²) >= 11 is 6.23. The Morgan fingerprint density at radius 3 is 2.50 bits per heavy atom. The van der Waals surface area contributed by atoms with Crippen molar-refractivity contribution in [2.45, 2.75) is 46.0 Å². The van der Waals surface area contributed by atoms with E-state index in [-0.39, 0.29) is 0 Å². The Labute approximate surface area is 290 Å². The molecule has 2 aliphatic rings. The number of aromatic nitrogens is 1. The van der Waals surface area contributed by atoms with E-state index in [9.17, 15) is 4.79 Å². The highest BCUT2D eigenvalue weighted by Gasteiger charge is 2.29. The van der Waals surface area contributed by atoms with Crippen LogP contribution in [0.3, 0.4) is 0 Å². The Hall–Kier alpha value is -3.78. The Balaban J connectivity index is 1.20. The molecule has 48 heavy (non-hydrogen) atoms. The predicted octanol–water partition coefficient (Wildman–Crippen LogP) is 8.68. The summed E-state index contributed by atoms with van der Waals surface area (Å²) in [5.74, 6) is 0.840. The minimum Gasteiger partial charge on any atom is -0.465 e. The van der Waals surface area contributed by atoms with E-state index < -0.39 is 5.97 Å². The lowest BCUT2D eigenvalue weighted by atomic mass is 9.72. The normalized spacial score (nSPS) is 16.9. The van der Waals surface area contributed by atoms with E-state index in [2.05, 4.69) is 72.0 Å². The summed E-state index contributed by atoms with van der Waals surface area (Å²) in [4.78, 5) is 23.5. The third-order valence-corrected chi connectivity index (χ3v) is 10.2. The van der Waals surface area contributed by atoms with Crippen molar-refractivity contribution >= 4 is 39.7 Å². The van der Waals surface area contributed by atoms with Crippen LogP contribution >= 0.6 is 11.6 Å². The number of aryl methyl sites for hydroxylation is 1. The minimum atomic E-state index is -0.408. The van der Waals surface area contributed by atoms with Crippen molar-refractivity contribution in [1.29, 1.82) is 0 Å². The summed E-state index contributed by atoms with van der Waals surface area (Å²) in [6.07, 6.45) is 7.48. The average Bonchev–Trinajstić information content (AvgIpc) is 3.49. The number of piperazine rings is 1. The molecule has 7 nitrogen and oxygen atoms in total. The van der Waals surface area contributed by atoms with Gasteiger partial charge in [-0.3, -0.25) is 4.90 Å². The molecule has 1 saturated heterocycles. The van der Waals surface area contributed by atoms with E-state index in [1.54, 1.807) is 5.57 Å². The van der Waals surface area contributed by atoms with Crippen molar-refractivity contribution in [2.75, 3.05) is 65.4 Å². The van der Waals surface area contributed by atoms with Gasteiger partial charge < -0.3 is 24.3 Å². The Morgan fingerprint density at radius 1 is 1.00 bits per heavy atom. The first-order chi connectivity index (χ1) is 23.1. The predicted molar refractivity (Wildman–Crippen MR) is 198 cm³/mol. The molecule has 0 atom stereocenters. The molecular formula is C40H49ClN4O3. The first kappa shape index (κ1) is 34.1. The lowest BCUT2D eigenvalue weighted by molar-refractivity contribution is 0.0598. The van der Waals surface area contributed by atoms with E-state index in [1.165, 1.54) is 30.2 Å². The van der Waals surface area contributed by atoms with Crippen LogP contribution in [0.25, 0.3) is 16.5 Å². The molecule has 0 saturated carbocycles. The van der Waals surface area contributed by atoms with E-state index in [0.29, 0.717) is 16.7 Å². The van der Waals surface area contributed by atoms with Gasteiger partial charge in [0.2, 0.25) is 0 Å². The topological polar surface area (TPSA) is 61.0 Å². The van der Waals surface area contributed by atoms with Crippen LogP contribution < -0.4 is 9.64 Å². The molecule has 3 aromatic carbocycles. The second-order valence-corrected chi connectivity index (χ2v) is 14.8. The van der Waals surface area contributed by atoms with E-state index >= 15 is 0 Å². The number of ether oxygens (including phenoxy) is 2. The van der Waals surface area contributed by atoms with Crippen molar-refractivity contribution in [3.63, 3.8) is 0 Å². The highest BCUT2D eigenvalue weighted by molar-refractivity contribution is 6.30. The Kier molecular flexibility index (Phi) is 10.5. The minimum absolute atomic E-state index is 0.299. The molecule has 4 aromatic rings. The van der Waals surface area contributed by atoms with Crippen molar-refractivity contribution in [3.8, 4) is 11.5 Å². The molecule has 6 rings (SSSR count). The highest BCUT2D eigenvalue weighted by atomic mass is 35.5. The number of hydrogen-bond donors (Lipinski definition) is 1. The van der Waals surface area contributed by atoms with Gasteiger partial charge in [-0.2, -0.15) is 0 Å². The monoisotopic (exact) mass is 668 g/mol. The molecule has 1 fully saturated rings.